The fourth-order valence-corrected chi connectivity index (χ4v) is 2.18. The third-order valence-electron chi connectivity index (χ3n) is 3.27. The van der Waals surface area contributed by atoms with Crippen LogP contribution in [0.2, 0.25) is 0 Å². The van der Waals surface area contributed by atoms with E-state index in [4.69, 9.17) is 4.74 Å². The van der Waals surface area contributed by atoms with Crippen LogP contribution in [0.4, 0.5) is 0 Å². The highest BCUT2D eigenvalue weighted by molar-refractivity contribution is 5.76. The van der Waals surface area contributed by atoms with Crippen LogP contribution >= 0.6 is 0 Å². The van der Waals surface area contributed by atoms with E-state index in [0.717, 1.165) is 24.8 Å². The first kappa shape index (κ1) is 11.9. The Morgan fingerprint density at radius 3 is 2.76 bits per heavy atom. The second-order valence-electron chi connectivity index (χ2n) is 4.51. The van der Waals surface area contributed by atoms with Gasteiger partial charge in [0.2, 0.25) is 0 Å². The highest BCUT2D eigenvalue weighted by Gasteiger charge is 2.24. The van der Waals surface area contributed by atoms with Crippen molar-refractivity contribution in [2.75, 3.05) is 6.61 Å². The van der Waals surface area contributed by atoms with Gasteiger partial charge in [-0.15, -0.1) is 0 Å². The second-order valence-corrected chi connectivity index (χ2v) is 4.51. The molecule has 2 nitrogen and oxygen atoms in total. The Morgan fingerprint density at radius 1 is 1.29 bits per heavy atom. The highest BCUT2D eigenvalue weighted by Crippen LogP contribution is 2.23. The summed E-state index contributed by atoms with van der Waals surface area (Å²) in [6.07, 6.45) is 4.94. The molecule has 1 aromatic rings. The van der Waals surface area contributed by atoms with Gasteiger partial charge in [-0.05, 0) is 37.8 Å². The van der Waals surface area contributed by atoms with Crippen LogP contribution in [0.15, 0.2) is 42.0 Å². The molecule has 1 aliphatic rings. The molecule has 2 heteroatoms. The van der Waals surface area contributed by atoms with E-state index in [2.05, 4.69) is 24.3 Å². The van der Waals surface area contributed by atoms with E-state index in [1.165, 1.54) is 5.56 Å². The molecule has 0 saturated heterocycles. The third kappa shape index (κ3) is 3.19. The fourth-order valence-electron chi connectivity index (χ4n) is 2.18. The van der Waals surface area contributed by atoms with Gasteiger partial charge in [0, 0.05) is 0 Å². The van der Waals surface area contributed by atoms with E-state index in [1.807, 2.05) is 19.1 Å². The zero-order valence-corrected chi connectivity index (χ0v) is 10.2. The summed E-state index contributed by atoms with van der Waals surface area (Å²) in [6, 6.07) is 10.4. The van der Waals surface area contributed by atoms with Crippen LogP contribution in [-0.4, -0.2) is 12.6 Å². The summed E-state index contributed by atoms with van der Waals surface area (Å²) < 4.78 is 5.05. The van der Waals surface area contributed by atoms with Crippen LogP contribution in [-0.2, 0) is 16.0 Å². The lowest BCUT2D eigenvalue weighted by molar-refractivity contribution is -0.147. The second kappa shape index (κ2) is 5.67. The standard InChI is InChI=1S/C15H18O2/c1-12-10-11-17-15(16)14(12)9-5-8-13-6-3-2-4-7-13/h2-4,6-7,10,14H,5,8-9,11H2,1H3. The molecule has 0 bridgehead atoms. The molecule has 1 aromatic carbocycles. The summed E-state index contributed by atoms with van der Waals surface area (Å²) in [5, 5.41) is 0. The maximum atomic E-state index is 11.6. The molecule has 0 N–H and O–H groups in total. The minimum atomic E-state index is -0.0574. The molecule has 0 aromatic heterocycles. The normalized spacial score (nSPS) is 19.7. The number of benzene rings is 1. The van der Waals surface area contributed by atoms with E-state index in [1.54, 1.807) is 0 Å². The predicted molar refractivity (Wildman–Crippen MR) is 67.6 cm³/mol. The smallest absolute Gasteiger partial charge is 0.313 e. The molecule has 90 valence electrons. The van der Waals surface area contributed by atoms with Gasteiger partial charge in [0.15, 0.2) is 0 Å². The van der Waals surface area contributed by atoms with Gasteiger partial charge in [-0.25, -0.2) is 0 Å². The molecule has 0 radical (unpaired) electrons. The lowest BCUT2D eigenvalue weighted by Crippen LogP contribution is -2.23. The number of carbonyl (C=O) groups is 1. The first-order valence-corrected chi connectivity index (χ1v) is 6.14. The first-order valence-electron chi connectivity index (χ1n) is 6.14. The molecule has 0 fully saturated rings. The number of ether oxygens (including phenoxy) is 1. The zero-order chi connectivity index (χ0) is 12.1. The van der Waals surface area contributed by atoms with Crippen molar-refractivity contribution in [3.05, 3.63) is 47.5 Å². The Balaban J connectivity index is 1.84. The monoisotopic (exact) mass is 230 g/mol. The Bertz CT molecular complexity index is 406. The Morgan fingerprint density at radius 2 is 2.06 bits per heavy atom. The molecule has 0 spiro atoms. The van der Waals surface area contributed by atoms with Crippen molar-refractivity contribution in [1.82, 2.24) is 0 Å². The van der Waals surface area contributed by atoms with Gasteiger partial charge in [-0.3, -0.25) is 4.79 Å². The minimum absolute atomic E-state index is 0.0209. The lowest BCUT2D eigenvalue weighted by Gasteiger charge is -2.20. The van der Waals surface area contributed by atoms with Gasteiger partial charge in [0.1, 0.15) is 6.61 Å². The number of aryl methyl sites for hydroxylation is 1. The molecule has 1 aliphatic heterocycles. The maximum Gasteiger partial charge on any atom is 0.313 e. The fraction of sp³-hybridized carbons (Fsp3) is 0.400. The summed E-state index contributed by atoms with van der Waals surface area (Å²) in [5.41, 5.74) is 2.49. The average Bonchev–Trinajstić information content (AvgIpc) is 2.34. The maximum absolute atomic E-state index is 11.6. The van der Waals surface area contributed by atoms with Crippen molar-refractivity contribution in [3.63, 3.8) is 0 Å². The van der Waals surface area contributed by atoms with Crippen molar-refractivity contribution in [2.45, 2.75) is 26.2 Å². The largest absolute Gasteiger partial charge is 0.461 e. The molecule has 2 rings (SSSR count). The van der Waals surface area contributed by atoms with Gasteiger partial charge >= 0.3 is 5.97 Å². The first-order chi connectivity index (χ1) is 8.27. The highest BCUT2D eigenvalue weighted by atomic mass is 16.5. The van der Waals surface area contributed by atoms with Gasteiger partial charge < -0.3 is 4.74 Å². The summed E-state index contributed by atoms with van der Waals surface area (Å²) >= 11 is 0. The molecule has 17 heavy (non-hydrogen) atoms. The topological polar surface area (TPSA) is 26.3 Å². The molecule has 1 heterocycles. The van der Waals surface area contributed by atoms with Crippen LogP contribution in [0, 0.1) is 5.92 Å². The van der Waals surface area contributed by atoms with Crippen LogP contribution in [0.5, 0.6) is 0 Å². The number of esters is 1. The number of hydrogen-bond donors (Lipinski definition) is 0. The molecule has 0 amide bonds. The van der Waals surface area contributed by atoms with Crippen molar-refractivity contribution >= 4 is 5.97 Å². The van der Waals surface area contributed by atoms with Crippen molar-refractivity contribution in [2.24, 2.45) is 5.92 Å². The number of hydrogen-bond acceptors (Lipinski definition) is 2. The van der Waals surface area contributed by atoms with Crippen LogP contribution in [0.25, 0.3) is 0 Å². The van der Waals surface area contributed by atoms with E-state index in [0.29, 0.717) is 6.61 Å². The SMILES string of the molecule is CC1=CCOC(=O)C1CCCc1ccccc1. The van der Waals surface area contributed by atoms with Gasteiger partial charge in [0.25, 0.3) is 0 Å². The Kier molecular flexibility index (Phi) is 3.97. The summed E-state index contributed by atoms with van der Waals surface area (Å²) in [5.74, 6) is -0.0782. The lowest BCUT2D eigenvalue weighted by atomic mass is 9.92. The van der Waals surface area contributed by atoms with E-state index < -0.39 is 0 Å². The van der Waals surface area contributed by atoms with Crippen molar-refractivity contribution in [1.29, 1.82) is 0 Å². The van der Waals surface area contributed by atoms with E-state index >= 15 is 0 Å². The zero-order valence-electron chi connectivity index (χ0n) is 10.2. The van der Waals surface area contributed by atoms with Crippen molar-refractivity contribution in [3.8, 4) is 0 Å². The third-order valence-corrected chi connectivity index (χ3v) is 3.27. The summed E-state index contributed by atoms with van der Waals surface area (Å²) in [7, 11) is 0. The average molecular weight is 230 g/mol. The van der Waals surface area contributed by atoms with E-state index in [-0.39, 0.29) is 11.9 Å². The van der Waals surface area contributed by atoms with Crippen molar-refractivity contribution < 1.29 is 9.53 Å². The number of cyclic esters (lactones) is 1. The van der Waals surface area contributed by atoms with Crippen LogP contribution in [0.3, 0.4) is 0 Å². The number of rotatable bonds is 4. The molecular weight excluding hydrogens is 212 g/mol. The molecule has 0 saturated carbocycles. The molecule has 1 atom stereocenters. The molecule has 1 unspecified atom stereocenters. The van der Waals surface area contributed by atoms with E-state index in [9.17, 15) is 4.79 Å². The van der Waals surface area contributed by atoms with Gasteiger partial charge in [-0.1, -0.05) is 35.9 Å². The quantitative estimate of drug-likeness (QED) is 0.586. The summed E-state index contributed by atoms with van der Waals surface area (Å²) in [6.45, 7) is 2.47. The van der Waals surface area contributed by atoms with Gasteiger partial charge in [-0.2, -0.15) is 0 Å². The summed E-state index contributed by atoms with van der Waals surface area (Å²) in [4.78, 5) is 11.6. The van der Waals surface area contributed by atoms with Gasteiger partial charge in [0.05, 0.1) is 5.92 Å². The Labute approximate surface area is 102 Å². The van der Waals surface area contributed by atoms with Crippen LogP contribution in [0.1, 0.15) is 25.3 Å². The predicted octanol–water partition coefficient (Wildman–Crippen LogP) is 3.13. The minimum Gasteiger partial charge on any atom is -0.461 e. The number of carbonyl (C=O) groups excluding carboxylic acids is 1. The molecule has 0 aliphatic carbocycles. The molecular formula is C15H18O2. The Hall–Kier alpha value is -1.57. The van der Waals surface area contributed by atoms with Crippen LogP contribution < -0.4 is 0 Å².